The van der Waals surface area contributed by atoms with Gasteiger partial charge in [0.15, 0.2) is 12.3 Å². The highest BCUT2D eigenvalue weighted by Gasteiger charge is 2.24. The van der Waals surface area contributed by atoms with Crippen molar-refractivity contribution in [1.82, 2.24) is 9.97 Å². The molecule has 0 radical (unpaired) electrons. The number of nitrogens with zero attached hydrogens (tertiary/aromatic N) is 3. The molecule has 1 amide bonds. The van der Waals surface area contributed by atoms with Crippen LogP contribution in [-0.2, 0) is 9.53 Å². The Hall–Kier alpha value is -4.77. The summed E-state index contributed by atoms with van der Waals surface area (Å²) in [5.41, 5.74) is 2.22. The van der Waals surface area contributed by atoms with Crippen LogP contribution in [0, 0.1) is 11.3 Å². The first kappa shape index (κ1) is 20.5. The van der Waals surface area contributed by atoms with E-state index in [1.807, 2.05) is 60.7 Å². The molecule has 4 aromatic rings. The van der Waals surface area contributed by atoms with Crippen molar-refractivity contribution < 1.29 is 18.7 Å². The van der Waals surface area contributed by atoms with Crippen molar-refractivity contribution >= 4 is 17.8 Å². The lowest BCUT2D eigenvalue weighted by Gasteiger charge is -2.04. The van der Waals surface area contributed by atoms with Crippen LogP contribution in [0.5, 0.6) is 0 Å². The maximum atomic E-state index is 12.4. The number of carbonyl (C=O) groups excluding carboxylic acids is 2. The summed E-state index contributed by atoms with van der Waals surface area (Å²) < 4.78 is 10.9. The Morgan fingerprint density at radius 1 is 1.00 bits per heavy atom. The number of anilines is 1. The first-order chi connectivity index (χ1) is 15.7. The fourth-order valence-corrected chi connectivity index (χ4v) is 3.07. The third-order valence-corrected chi connectivity index (χ3v) is 4.48. The van der Waals surface area contributed by atoms with E-state index in [9.17, 15) is 14.9 Å². The van der Waals surface area contributed by atoms with Crippen molar-refractivity contribution in [2.24, 2.45) is 0 Å². The summed E-state index contributed by atoms with van der Waals surface area (Å²) in [6.07, 6.45) is 3.99. The molecule has 2 aromatic heterocycles. The van der Waals surface area contributed by atoms with E-state index < -0.39 is 18.5 Å². The zero-order valence-electron chi connectivity index (χ0n) is 16.7. The van der Waals surface area contributed by atoms with Crippen molar-refractivity contribution in [2.45, 2.75) is 0 Å². The molecule has 2 heterocycles. The summed E-state index contributed by atoms with van der Waals surface area (Å²) in [5.74, 6) is -1.03. The minimum absolute atomic E-state index is 0.0197. The highest BCUT2D eigenvalue weighted by Crippen LogP contribution is 2.41. The van der Waals surface area contributed by atoms with E-state index in [4.69, 9.17) is 9.15 Å². The van der Waals surface area contributed by atoms with E-state index in [0.717, 1.165) is 11.1 Å². The Kier molecular flexibility index (Phi) is 6.00. The molecule has 0 saturated heterocycles. The SMILES string of the molecule is N#Cc1c(NC(=O)COC(=O)c2cnccn2)oc(-c2ccccc2)c1-c1ccccc1. The molecule has 0 saturated carbocycles. The lowest BCUT2D eigenvalue weighted by molar-refractivity contribution is -0.119. The molecule has 0 atom stereocenters. The molecule has 32 heavy (non-hydrogen) atoms. The van der Waals surface area contributed by atoms with Gasteiger partial charge in [-0.2, -0.15) is 5.26 Å². The van der Waals surface area contributed by atoms with Crippen LogP contribution in [-0.4, -0.2) is 28.5 Å². The van der Waals surface area contributed by atoms with E-state index in [2.05, 4.69) is 21.4 Å². The number of carbonyl (C=O) groups is 2. The first-order valence-corrected chi connectivity index (χ1v) is 9.58. The predicted octanol–water partition coefficient (Wildman–Crippen LogP) is 4.07. The topological polar surface area (TPSA) is 118 Å². The average Bonchev–Trinajstić information content (AvgIpc) is 3.22. The molecule has 2 aromatic carbocycles. The van der Waals surface area contributed by atoms with E-state index >= 15 is 0 Å². The van der Waals surface area contributed by atoms with Gasteiger partial charge in [0, 0.05) is 23.5 Å². The fraction of sp³-hybridized carbons (Fsp3) is 0.0417. The van der Waals surface area contributed by atoms with Gasteiger partial charge in [0.05, 0.1) is 6.20 Å². The van der Waals surface area contributed by atoms with Crippen molar-refractivity contribution in [3.05, 3.63) is 90.5 Å². The van der Waals surface area contributed by atoms with Gasteiger partial charge in [-0.3, -0.25) is 15.1 Å². The summed E-state index contributed by atoms with van der Waals surface area (Å²) in [5, 5.41) is 12.4. The second-order valence-corrected chi connectivity index (χ2v) is 6.57. The lowest BCUT2D eigenvalue weighted by atomic mass is 9.98. The molecule has 8 heteroatoms. The highest BCUT2D eigenvalue weighted by atomic mass is 16.5. The van der Waals surface area contributed by atoms with Crippen LogP contribution < -0.4 is 5.32 Å². The van der Waals surface area contributed by atoms with Gasteiger partial charge in [-0.25, -0.2) is 9.78 Å². The smallest absolute Gasteiger partial charge is 0.359 e. The minimum Gasteiger partial charge on any atom is -0.451 e. The Morgan fingerprint density at radius 2 is 1.69 bits per heavy atom. The van der Waals surface area contributed by atoms with Gasteiger partial charge in [-0.15, -0.1) is 0 Å². The molecule has 1 N–H and O–H groups in total. The Balaban J connectivity index is 1.61. The summed E-state index contributed by atoms with van der Waals surface area (Å²) >= 11 is 0. The van der Waals surface area contributed by atoms with E-state index in [-0.39, 0.29) is 17.1 Å². The average molecular weight is 424 g/mol. The number of amides is 1. The largest absolute Gasteiger partial charge is 0.451 e. The number of furan rings is 1. The van der Waals surface area contributed by atoms with Crippen molar-refractivity contribution in [1.29, 1.82) is 5.26 Å². The van der Waals surface area contributed by atoms with Crippen LogP contribution in [0.1, 0.15) is 16.1 Å². The zero-order valence-corrected chi connectivity index (χ0v) is 16.7. The van der Waals surface area contributed by atoms with Crippen LogP contribution >= 0.6 is 0 Å². The molecule has 0 unspecified atom stereocenters. The molecule has 0 aliphatic heterocycles. The summed E-state index contributed by atoms with van der Waals surface area (Å²) in [4.78, 5) is 32.0. The van der Waals surface area contributed by atoms with E-state index in [0.29, 0.717) is 11.3 Å². The molecule has 156 valence electrons. The minimum atomic E-state index is -0.789. The maximum absolute atomic E-state index is 12.4. The number of benzene rings is 2. The van der Waals surface area contributed by atoms with Crippen LogP contribution in [0.25, 0.3) is 22.5 Å². The molecule has 0 spiro atoms. The molecule has 0 bridgehead atoms. The number of nitriles is 1. The molecule has 8 nitrogen and oxygen atoms in total. The highest BCUT2D eigenvalue weighted by molar-refractivity contribution is 5.97. The summed E-state index contributed by atoms with van der Waals surface area (Å²) in [6, 6.07) is 20.7. The normalized spacial score (nSPS) is 10.2. The Bertz CT molecular complexity index is 1280. The van der Waals surface area contributed by atoms with E-state index in [1.54, 1.807) is 0 Å². The lowest BCUT2D eigenvalue weighted by Crippen LogP contribution is -2.21. The predicted molar refractivity (Wildman–Crippen MR) is 115 cm³/mol. The molecular weight excluding hydrogens is 408 g/mol. The fourth-order valence-electron chi connectivity index (χ4n) is 3.07. The van der Waals surface area contributed by atoms with Gasteiger partial charge in [0.1, 0.15) is 17.4 Å². The third-order valence-electron chi connectivity index (χ3n) is 4.48. The van der Waals surface area contributed by atoms with Gasteiger partial charge >= 0.3 is 5.97 Å². The van der Waals surface area contributed by atoms with Crippen LogP contribution in [0.15, 0.2) is 83.7 Å². The number of esters is 1. The second-order valence-electron chi connectivity index (χ2n) is 6.57. The number of hydrogen-bond acceptors (Lipinski definition) is 7. The summed E-state index contributed by atoms with van der Waals surface area (Å²) in [7, 11) is 0. The standard InChI is InChI=1S/C24H16N4O4/c25-13-18-21(16-7-3-1-4-8-16)22(17-9-5-2-6-10-17)32-23(18)28-20(29)15-31-24(30)19-14-26-11-12-27-19/h1-12,14H,15H2,(H,28,29). The van der Waals surface area contributed by atoms with E-state index in [1.165, 1.54) is 18.6 Å². The van der Waals surface area contributed by atoms with Crippen LogP contribution in [0.4, 0.5) is 5.88 Å². The van der Waals surface area contributed by atoms with Gasteiger partial charge in [0.2, 0.25) is 5.88 Å². The van der Waals surface area contributed by atoms with Crippen molar-refractivity contribution in [2.75, 3.05) is 11.9 Å². The molecular formula is C24H16N4O4. The Labute approximate surface area is 183 Å². The Morgan fingerprint density at radius 3 is 2.31 bits per heavy atom. The molecule has 4 rings (SSSR count). The van der Waals surface area contributed by atoms with Crippen LogP contribution in [0.2, 0.25) is 0 Å². The quantitative estimate of drug-likeness (QED) is 0.464. The monoisotopic (exact) mass is 424 g/mol. The number of aromatic nitrogens is 2. The molecule has 0 fully saturated rings. The number of rotatable bonds is 6. The molecule has 0 aliphatic carbocycles. The van der Waals surface area contributed by atoms with Crippen LogP contribution in [0.3, 0.4) is 0 Å². The van der Waals surface area contributed by atoms with Gasteiger partial charge < -0.3 is 9.15 Å². The number of nitrogens with one attached hydrogen (secondary N) is 1. The van der Waals surface area contributed by atoms with Gasteiger partial charge in [-0.05, 0) is 5.56 Å². The van der Waals surface area contributed by atoms with Gasteiger partial charge in [0.25, 0.3) is 5.91 Å². The third kappa shape index (κ3) is 4.37. The zero-order chi connectivity index (χ0) is 22.3. The first-order valence-electron chi connectivity index (χ1n) is 9.58. The number of ether oxygens (including phenoxy) is 1. The molecule has 0 aliphatic rings. The van der Waals surface area contributed by atoms with Crippen molar-refractivity contribution in [3.63, 3.8) is 0 Å². The van der Waals surface area contributed by atoms with Crippen molar-refractivity contribution in [3.8, 4) is 28.5 Å². The maximum Gasteiger partial charge on any atom is 0.359 e. The second kappa shape index (κ2) is 9.36. The number of hydrogen-bond donors (Lipinski definition) is 1. The summed E-state index contributed by atoms with van der Waals surface area (Å²) in [6.45, 7) is -0.581. The van der Waals surface area contributed by atoms with Gasteiger partial charge in [-0.1, -0.05) is 60.7 Å².